The first-order chi connectivity index (χ1) is 6.27. The molecular weight excluding hydrogens is 166 g/mol. The normalized spacial score (nSPS) is 10.0. The summed E-state index contributed by atoms with van der Waals surface area (Å²) in [5, 5.41) is 9.23. The first kappa shape index (κ1) is 12.4. The molecule has 0 fully saturated rings. The monoisotopic (exact) mass is 187 g/mol. The van der Waals surface area contributed by atoms with Crippen LogP contribution in [-0.4, -0.2) is 38.6 Å². The van der Waals surface area contributed by atoms with Crippen LogP contribution in [0.3, 0.4) is 0 Å². The van der Waals surface area contributed by atoms with Crippen LogP contribution in [0.2, 0.25) is 0 Å². The van der Waals surface area contributed by atoms with E-state index in [2.05, 4.69) is 22.9 Å². The maximum atomic E-state index is 10.5. The van der Waals surface area contributed by atoms with Crippen molar-refractivity contribution in [1.29, 1.82) is 0 Å². The second kappa shape index (κ2) is 9.48. The van der Waals surface area contributed by atoms with Gasteiger partial charge in [-0.05, 0) is 13.0 Å². The Hall–Kier alpha value is -0.610. The molecule has 13 heavy (non-hydrogen) atoms. The molecule has 0 saturated carbocycles. The number of carbonyl (C=O) groups excluding carboxylic acids is 1. The van der Waals surface area contributed by atoms with Gasteiger partial charge in [-0.1, -0.05) is 6.92 Å². The second-order valence-corrected chi connectivity index (χ2v) is 2.98. The Balaban J connectivity index is 2.87. The van der Waals surface area contributed by atoms with Crippen molar-refractivity contribution in [3.63, 3.8) is 0 Å². The number of hydrogen-bond donors (Lipinski definition) is 3. The van der Waals surface area contributed by atoms with Gasteiger partial charge >= 0.3 is 0 Å². The molecule has 0 bridgehead atoms. The molecule has 0 aromatic rings. The second-order valence-electron chi connectivity index (χ2n) is 2.98. The highest BCUT2D eigenvalue weighted by molar-refractivity contribution is 5.72. The van der Waals surface area contributed by atoms with Crippen molar-refractivity contribution in [2.75, 3.05) is 32.7 Å². The zero-order valence-electron chi connectivity index (χ0n) is 8.65. The molecule has 4 heteroatoms. The number of amides is 1. The van der Waals surface area contributed by atoms with Crippen LogP contribution in [0.25, 0.3) is 0 Å². The molecule has 0 spiro atoms. The summed E-state index contributed by atoms with van der Waals surface area (Å²) in [5.41, 5.74) is 0. The van der Waals surface area contributed by atoms with Crippen molar-refractivity contribution in [3.05, 3.63) is 0 Å². The lowest BCUT2D eigenvalue weighted by molar-refractivity contribution is -0.118. The molecule has 0 aromatic carbocycles. The fraction of sp³-hybridized carbons (Fsp3) is 0.889. The van der Waals surface area contributed by atoms with E-state index in [1.165, 1.54) is 13.3 Å². The first-order valence-corrected chi connectivity index (χ1v) is 4.93. The van der Waals surface area contributed by atoms with Gasteiger partial charge in [-0.25, -0.2) is 0 Å². The SMILES string of the molecule is CCCNCCNCCNC(C)=O. The Bertz CT molecular complexity index is 128. The van der Waals surface area contributed by atoms with Crippen LogP contribution in [0.4, 0.5) is 0 Å². The number of carbonyl (C=O) groups is 1. The molecule has 0 aliphatic rings. The molecule has 4 nitrogen and oxygen atoms in total. The molecule has 0 radical (unpaired) electrons. The third-order valence-electron chi connectivity index (χ3n) is 1.58. The summed E-state index contributed by atoms with van der Waals surface area (Å²) in [7, 11) is 0. The van der Waals surface area contributed by atoms with E-state index in [-0.39, 0.29) is 5.91 Å². The van der Waals surface area contributed by atoms with E-state index in [1.54, 1.807) is 0 Å². The lowest BCUT2D eigenvalue weighted by Gasteiger charge is -2.05. The van der Waals surface area contributed by atoms with Crippen LogP contribution in [0.5, 0.6) is 0 Å². The molecule has 1 amide bonds. The van der Waals surface area contributed by atoms with E-state index in [4.69, 9.17) is 0 Å². The van der Waals surface area contributed by atoms with E-state index in [0.29, 0.717) is 6.54 Å². The van der Waals surface area contributed by atoms with E-state index in [0.717, 1.165) is 26.2 Å². The van der Waals surface area contributed by atoms with Gasteiger partial charge in [-0.3, -0.25) is 4.79 Å². The minimum absolute atomic E-state index is 0.0332. The average molecular weight is 187 g/mol. The summed E-state index contributed by atoms with van der Waals surface area (Å²) in [4.78, 5) is 10.5. The molecular formula is C9H21N3O. The highest BCUT2D eigenvalue weighted by Crippen LogP contribution is 1.68. The molecule has 0 aromatic heterocycles. The molecule has 78 valence electrons. The average Bonchev–Trinajstić information content (AvgIpc) is 2.09. The Labute approximate surface area is 80.5 Å². The summed E-state index contributed by atoms with van der Waals surface area (Å²) >= 11 is 0. The predicted octanol–water partition coefficient (Wildman–Crippen LogP) is -0.288. The minimum Gasteiger partial charge on any atom is -0.355 e. The van der Waals surface area contributed by atoms with Crippen LogP contribution in [0, 0.1) is 0 Å². The van der Waals surface area contributed by atoms with Crippen molar-refractivity contribution in [2.24, 2.45) is 0 Å². The van der Waals surface area contributed by atoms with E-state index < -0.39 is 0 Å². The fourth-order valence-corrected chi connectivity index (χ4v) is 0.930. The Morgan fingerprint density at radius 2 is 1.54 bits per heavy atom. The van der Waals surface area contributed by atoms with Crippen LogP contribution in [0.1, 0.15) is 20.3 Å². The quantitative estimate of drug-likeness (QED) is 0.458. The van der Waals surface area contributed by atoms with Crippen molar-refractivity contribution < 1.29 is 4.79 Å². The molecule has 0 aliphatic heterocycles. The fourth-order valence-electron chi connectivity index (χ4n) is 0.930. The van der Waals surface area contributed by atoms with Crippen LogP contribution in [-0.2, 0) is 4.79 Å². The number of nitrogens with one attached hydrogen (secondary N) is 3. The van der Waals surface area contributed by atoms with Gasteiger partial charge < -0.3 is 16.0 Å². The van der Waals surface area contributed by atoms with Crippen molar-refractivity contribution in [1.82, 2.24) is 16.0 Å². The summed E-state index contributed by atoms with van der Waals surface area (Å²) in [6.07, 6.45) is 1.17. The van der Waals surface area contributed by atoms with Crippen LogP contribution < -0.4 is 16.0 Å². The van der Waals surface area contributed by atoms with Gasteiger partial charge in [0.25, 0.3) is 0 Å². The maximum Gasteiger partial charge on any atom is 0.216 e. The van der Waals surface area contributed by atoms with Gasteiger partial charge in [-0.2, -0.15) is 0 Å². The van der Waals surface area contributed by atoms with Gasteiger partial charge in [0.05, 0.1) is 0 Å². The molecule has 0 atom stereocenters. The number of hydrogen-bond acceptors (Lipinski definition) is 3. The lowest BCUT2D eigenvalue weighted by Crippen LogP contribution is -2.34. The largest absolute Gasteiger partial charge is 0.355 e. The van der Waals surface area contributed by atoms with Gasteiger partial charge in [0.1, 0.15) is 0 Å². The first-order valence-electron chi connectivity index (χ1n) is 4.93. The van der Waals surface area contributed by atoms with Gasteiger partial charge in [0.15, 0.2) is 0 Å². The van der Waals surface area contributed by atoms with E-state index >= 15 is 0 Å². The zero-order valence-corrected chi connectivity index (χ0v) is 8.65. The Morgan fingerprint density at radius 1 is 1.00 bits per heavy atom. The topological polar surface area (TPSA) is 53.2 Å². The molecule has 3 N–H and O–H groups in total. The standard InChI is InChI=1S/C9H21N3O/c1-3-4-10-5-6-11-7-8-12-9(2)13/h10-11H,3-8H2,1-2H3,(H,12,13). The van der Waals surface area contributed by atoms with Gasteiger partial charge in [0.2, 0.25) is 5.91 Å². The van der Waals surface area contributed by atoms with Gasteiger partial charge in [0, 0.05) is 33.1 Å². The van der Waals surface area contributed by atoms with Crippen molar-refractivity contribution in [2.45, 2.75) is 20.3 Å². The highest BCUT2D eigenvalue weighted by atomic mass is 16.1. The lowest BCUT2D eigenvalue weighted by atomic mass is 10.4. The maximum absolute atomic E-state index is 10.5. The highest BCUT2D eigenvalue weighted by Gasteiger charge is 1.89. The molecule has 0 saturated heterocycles. The molecule has 0 unspecified atom stereocenters. The van der Waals surface area contributed by atoms with E-state index in [9.17, 15) is 4.79 Å². The van der Waals surface area contributed by atoms with Crippen molar-refractivity contribution >= 4 is 5.91 Å². The molecule has 0 aliphatic carbocycles. The summed E-state index contributed by atoms with van der Waals surface area (Å²) in [5.74, 6) is 0.0332. The Morgan fingerprint density at radius 3 is 2.08 bits per heavy atom. The number of rotatable bonds is 8. The molecule has 0 heterocycles. The smallest absolute Gasteiger partial charge is 0.216 e. The van der Waals surface area contributed by atoms with Crippen LogP contribution >= 0.6 is 0 Å². The third kappa shape index (κ3) is 11.4. The Kier molecular flexibility index (Phi) is 9.03. The van der Waals surface area contributed by atoms with Crippen LogP contribution in [0.15, 0.2) is 0 Å². The third-order valence-corrected chi connectivity index (χ3v) is 1.58. The zero-order chi connectivity index (χ0) is 9.94. The van der Waals surface area contributed by atoms with E-state index in [1.807, 2.05) is 0 Å². The molecule has 0 rings (SSSR count). The predicted molar refractivity (Wildman–Crippen MR) is 54.7 cm³/mol. The van der Waals surface area contributed by atoms with Crippen molar-refractivity contribution in [3.8, 4) is 0 Å². The van der Waals surface area contributed by atoms with Gasteiger partial charge in [-0.15, -0.1) is 0 Å². The minimum atomic E-state index is 0.0332. The summed E-state index contributed by atoms with van der Waals surface area (Å²) in [6, 6.07) is 0. The summed E-state index contributed by atoms with van der Waals surface area (Å²) in [6.45, 7) is 8.26. The summed E-state index contributed by atoms with van der Waals surface area (Å²) < 4.78 is 0.